The molecular formula is C11H18N2. The lowest BCUT2D eigenvalue weighted by Crippen LogP contribution is -2.22. The van der Waals surface area contributed by atoms with Crippen LogP contribution in [0.25, 0.3) is 0 Å². The van der Waals surface area contributed by atoms with Gasteiger partial charge in [-0.25, -0.2) is 0 Å². The highest BCUT2D eigenvalue weighted by atomic mass is 14.8. The first-order valence-corrected chi connectivity index (χ1v) is 4.99. The average molecular weight is 178 g/mol. The Morgan fingerprint density at radius 3 is 2.54 bits per heavy atom. The summed E-state index contributed by atoms with van der Waals surface area (Å²) in [6.45, 7) is 6.69. The van der Waals surface area contributed by atoms with Crippen molar-refractivity contribution in [3.8, 4) is 0 Å². The Kier molecular flexibility index (Phi) is 3.40. The molecule has 0 bridgehead atoms. The van der Waals surface area contributed by atoms with Gasteiger partial charge in [0.1, 0.15) is 0 Å². The molecule has 0 N–H and O–H groups in total. The number of aromatic nitrogens is 2. The van der Waals surface area contributed by atoms with E-state index in [2.05, 4.69) is 30.7 Å². The molecule has 1 atom stereocenters. The maximum atomic E-state index is 4.38. The fraction of sp³-hybridized carbons (Fsp3) is 0.636. The van der Waals surface area contributed by atoms with Crippen LogP contribution < -0.4 is 0 Å². The largest absolute Gasteiger partial charge is 0.261 e. The van der Waals surface area contributed by atoms with Gasteiger partial charge in [-0.2, -0.15) is 0 Å². The van der Waals surface area contributed by atoms with Crippen molar-refractivity contribution in [2.75, 3.05) is 0 Å². The van der Waals surface area contributed by atoms with E-state index in [0.717, 1.165) is 12.1 Å². The Balaban J connectivity index is 2.89. The minimum absolute atomic E-state index is 0.211. The van der Waals surface area contributed by atoms with Gasteiger partial charge in [-0.1, -0.05) is 27.2 Å². The second kappa shape index (κ2) is 4.35. The monoisotopic (exact) mass is 178 g/mol. The van der Waals surface area contributed by atoms with Crippen LogP contribution in [-0.2, 0) is 5.41 Å². The first kappa shape index (κ1) is 10.2. The molecule has 0 amide bonds. The highest BCUT2D eigenvalue weighted by molar-refractivity contribution is 5.10. The van der Waals surface area contributed by atoms with Crippen LogP contribution in [0.2, 0.25) is 0 Å². The highest BCUT2D eigenvalue weighted by Gasteiger charge is 2.24. The third-order valence-corrected chi connectivity index (χ3v) is 2.76. The second-order valence-corrected chi connectivity index (χ2v) is 3.75. The molecule has 0 aliphatic rings. The molecule has 0 aromatic carbocycles. The van der Waals surface area contributed by atoms with Gasteiger partial charge in [-0.3, -0.25) is 9.97 Å². The van der Waals surface area contributed by atoms with Crippen LogP contribution in [0.3, 0.4) is 0 Å². The quantitative estimate of drug-likeness (QED) is 0.708. The third kappa shape index (κ3) is 2.27. The molecule has 0 aliphatic heterocycles. The summed E-state index contributed by atoms with van der Waals surface area (Å²) in [4.78, 5) is 8.50. The van der Waals surface area contributed by atoms with E-state index >= 15 is 0 Å². The molecule has 1 aromatic heterocycles. The molecule has 1 rings (SSSR count). The maximum Gasteiger partial charge on any atom is 0.0645 e. The molecule has 2 nitrogen and oxygen atoms in total. The van der Waals surface area contributed by atoms with Crippen LogP contribution in [0.15, 0.2) is 18.6 Å². The highest BCUT2D eigenvalue weighted by Crippen LogP contribution is 2.29. The fourth-order valence-corrected chi connectivity index (χ4v) is 1.65. The van der Waals surface area contributed by atoms with E-state index in [1.807, 2.05) is 6.20 Å². The molecular weight excluding hydrogens is 160 g/mol. The van der Waals surface area contributed by atoms with Crippen LogP contribution in [0, 0.1) is 0 Å². The SMILES string of the molecule is CCCC(C)(CC)c1cnccn1. The summed E-state index contributed by atoms with van der Waals surface area (Å²) in [5.41, 5.74) is 1.34. The summed E-state index contributed by atoms with van der Waals surface area (Å²) in [6, 6.07) is 0. The minimum Gasteiger partial charge on any atom is -0.261 e. The van der Waals surface area contributed by atoms with Gasteiger partial charge in [0.15, 0.2) is 0 Å². The molecule has 0 spiro atoms. The molecule has 72 valence electrons. The van der Waals surface area contributed by atoms with E-state index in [4.69, 9.17) is 0 Å². The Bertz CT molecular complexity index is 246. The van der Waals surface area contributed by atoms with Gasteiger partial charge >= 0.3 is 0 Å². The summed E-state index contributed by atoms with van der Waals surface area (Å²) in [5, 5.41) is 0. The minimum atomic E-state index is 0.211. The van der Waals surface area contributed by atoms with Gasteiger partial charge in [0.05, 0.1) is 5.69 Å². The topological polar surface area (TPSA) is 25.8 Å². The van der Waals surface area contributed by atoms with Crippen LogP contribution in [0.4, 0.5) is 0 Å². The molecule has 13 heavy (non-hydrogen) atoms. The van der Waals surface area contributed by atoms with Gasteiger partial charge in [0, 0.05) is 24.0 Å². The first-order valence-electron chi connectivity index (χ1n) is 4.99. The van der Waals surface area contributed by atoms with E-state index in [-0.39, 0.29) is 5.41 Å². The Hall–Kier alpha value is -0.920. The summed E-state index contributed by atoms with van der Waals surface area (Å²) in [6.07, 6.45) is 8.90. The van der Waals surface area contributed by atoms with Crippen molar-refractivity contribution in [2.24, 2.45) is 0 Å². The van der Waals surface area contributed by atoms with Crippen molar-refractivity contribution >= 4 is 0 Å². The van der Waals surface area contributed by atoms with Crippen molar-refractivity contribution in [3.05, 3.63) is 24.3 Å². The lowest BCUT2D eigenvalue weighted by molar-refractivity contribution is 0.401. The Morgan fingerprint density at radius 1 is 1.31 bits per heavy atom. The van der Waals surface area contributed by atoms with Crippen LogP contribution >= 0.6 is 0 Å². The fourth-order valence-electron chi connectivity index (χ4n) is 1.65. The van der Waals surface area contributed by atoms with E-state index in [1.54, 1.807) is 12.4 Å². The van der Waals surface area contributed by atoms with Crippen molar-refractivity contribution in [2.45, 2.75) is 45.4 Å². The lowest BCUT2D eigenvalue weighted by atomic mass is 9.80. The van der Waals surface area contributed by atoms with Gasteiger partial charge < -0.3 is 0 Å². The number of hydrogen-bond acceptors (Lipinski definition) is 2. The summed E-state index contributed by atoms with van der Waals surface area (Å²) >= 11 is 0. The molecule has 1 heterocycles. The maximum absolute atomic E-state index is 4.38. The predicted octanol–water partition coefficient (Wildman–Crippen LogP) is 2.94. The number of hydrogen-bond donors (Lipinski definition) is 0. The third-order valence-electron chi connectivity index (χ3n) is 2.76. The summed E-state index contributed by atoms with van der Waals surface area (Å²) < 4.78 is 0. The molecule has 0 radical (unpaired) electrons. The average Bonchev–Trinajstić information content (AvgIpc) is 2.19. The summed E-state index contributed by atoms with van der Waals surface area (Å²) in [5.74, 6) is 0. The standard InChI is InChI=1S/C11H18N2/c1-4-6-11(3,5-2)10-9-12-7-8-13-10/h7-9H,4-6H2,1-3H3. The zero-order valence-corrected chi connectivity index (χ0v) is 8.75. The zero-order chi connectivity index (χ0) is 9.73. The van der Waals surface area contributed by atoms with Crippen LogP contribution in [0.5, 0.6) is 0 Å². The molecule has 0 saturated carbocycles. The molecule has 0 aliphatic carbocycles. The van der Waals surface area contributed by atoms with Gasteiger partial charge in [-0.05, 0) is 12.8 Å². The van der Waals surface area contributed by atoms with Crippen molar-refractivity contribution in [1.82, 2.24) is 9.97 Å². The molecule has 0 saturated heterocycles. The number of nitrogens with zero attached hydrogens (tertiary/aromatic N) is 2. The molecule has 0 fully saturated rings. The van der Waals surface area contributed by atoms with E-state index in [1.165, 1.54) is 12.8 Å². The van der Waals surface area contributed by atoms with E-state index in [9.17, 15) is 0 Å². The molecule has 1 unspecified atom stereocenters. The van der Waals surface area contributed by atoms with Gasteiger partial charge in [-0.15, -0.1) is 0 Å². The second-order valence-electron chi connectivity index (χ2n) is 3.75. The summed E-state index contributed by atoms with van der Waals surface area (Å²) in [7, 11) is 0. The van der Waals surface area contributed by atoms with Gasteiger partial charge in [0.2, 0.25) is 0 Å². The lowest BCUT2D eigenvalue weighted by Gasteiger charge is -2.26. The normalized spacial score (nSPS) is 15.3. The van der Waals surface area contributed by atoms with Crippen LogP contribution in [0.1, 0.15) is 45.7 Å². The zero-order valence-electron chi connectivity index (χ0n) is 8.75. The van der Waals surface area contributed by atoms with Crippen molar-refractivity contribution in [1.29, 1.82) is 0 Å². The number of rotatable bonds is 4. The van der Waals surface area contributed by atoms with Crippen molar-refractivity contribution in [3.63, 3.8) is 0 Å². The molecule has 2 heteroatoms. The predicted molar refractivity (Wildman–Crippen MR) is 54.6 cm³/mol. The van der Waals surface area contributed by atoms with Crippen molar-refractivity contribution < 1.29 is 0 Å². The molecule has 1 aromatic rings. The Labute approximate surface area is 80.4 Å². The van der Waals surface area contributed by atoms with Crippen LogP contribution in [-0.4, -0.2) is 9.97 Å². The first-order chi connectivity index (χ1) is 6.23. The van der Waals surface area contributed by atoms with Gasteiger partial charge in [0.25, 0.3) is 0 Å². The Morgan fingerprint density at radius 2 is 2.08 bits per heavy atom. The van der Waals surface area contributed by atoms with E-state index < -0.39 is 0 Å². The smallest absolute Gasteiger partial charge is 0.0645 e. The van der Waals surface area contributed by atoms with E-state index in [0.29, 0.717) is 0 Å².